The number of rotatable bonds is 6. The highest BCUT2D eigenvalue weighted by Gasteiger charge is 2.15. The van der Waals surface area contributed by atoms with Crippen molar-refractivity contribution >= 4 is 22.6 Å². The molecule has 140 valence electrons. The van der Waals surface area contributed by atoms with E-state index in [2.05, 4.69) is 15.3 Å². The second-order valence-electron chi connectivity index (χ2n) is 5.93. The van der Waals surface area contributed by atoms with Crippen molar-refractivity contribution in [3.63, 3.8) is 0 Å². The quantitative estimate of drug-likeness (QED) is 0.700. The van der Waals surface area contributed by atoms with Crippen LogP contribution in [0.3, 0.4) is 0 Å². The second-order valence-corrected chi connectivity index (χ2v) is 5.93. The summed E-state index contributed by atoms with van der Waals surface area (Å²) in [5, 5.41) is 3.38. The van der Waals surface area contributed by atoms with E-state index in [0.717, 1.165) is 0 Å². The van der Waals surface area contributed by atoms with Gasteiger partial charge in [0.15, 0.2) is 0 Å². The molecule has 0 spiro atoms. The zero-order valence-electron chi connectivity index (χ0n) is 15.4. The fourth-order valence-corrected chi connectivity index (χ4v) is 2.75. The predicted molar refractivity (Wildman–Crippen MR) is 105 cm³/mol. The molecule has 0 radical (unpaired) electrons. The molecule has 0 aliphatic rings. The lowest BCUT2D eigenvalue weighted by Crippen LogP contribution is -2.35. The van der Waals surface area contributed by atoms with Crippen LogP contribution in [0.4, 0.5) is 10.5 Å². The summed E-state index contributed by atoms with van der Waals surface area (Å²) in [5.41, 5.74) is 1.04. The molecule has 0 bridgehead atoms. The number of H-pyrrole nitrogens is 1. The molecule has 3 rings (SSSR count). The standard InChI is InChI=1S/C20H22N4O3/c1-3-24(20(26)21-14-8-7-9-15(12-14)27-4-2)13-18-22-17-11-6-5-10-16(17)19(25)23-18/h5-12H,3-4,13H2,1-2H3,(H,21,26)(H,22,23,25). The van der Waals surface area contributed by atoms with Gasteiger partial charge in [-0.3, -0.25) is 4.79 Å². The number of carbonyl (C=O) groups is 1. The largest absolute Gasteiger partial charge is 0.494 e. The number of para-hydroxylation sites is 1. The third-order valence-corrected chi connectivity index (χ3v) is 4.07. The maximum absolute atomic E-state index is 12.6. The van der Waals surface area contributed by atoms with Crippen LogP contribution in [0.15, 0.2) is 53.3 Å². The maximum Gasteiger partial charge on any atom is 0.322 e. The van der Waals surface area contributed by atoms with E-state index in [0.29, 0.717) is 41.3 Å². The van der Waals surface area contributed by atoms with Crippen molar-refractivity contribution in [1.82, 2.24) is 14.9 Å². The Kier molecular flexibility index (Phi) is 5.71. The van der Waals surface area contributed by atoms with Gasteiger partial charge >= 0.3 is 6.03 Å². The monoisotopic (exact) mass is 366 g/mol. The third-order valence-electron chi connectivity index (χ3n) is 4.07. The Morgan fingerprint density at radius 1 is 1.19 bits per heavy atom. The topological polar surface area (TPSA) is 87.3 Å². The molecule has 2 amide bonds. The van der Waals surface area contributed by atoms with E-state index in [1.54, 1.807) is 35.2 Å². The van der Waals surface area contributed by atoms with E-state index in [1.807, 2.05) is 32.0 Å². The van der Waals surface area contributed by atoms with Crippen LogP contribution in [-0.2, 0) is 6.54 Å². The van der Waals surface area contributed by atoms with Crippen molar-refractivity contribution < 1.29 is 9.53 Å². The summed E-state index contributed by atoms with van der Waals surface area (Å²) in [6.45, 7) is 5.00. The maximum atomic E-state index is 12.6. The lowest BCUT2D eigenvalue weighted by Gasteiger charge is -2.21. The summed E-state index contributed by atoms with van der Waals surface area (Å²) in [4.78, 5) is 33.6. The first-order valence-corrected chi connectivity index (χ1v) is 8.87. The number of aromatic nitrogens is 2. The Labute approximate surface area is 157 Å². The number of urea groups is 1. The minimum absolute atomic E-state index is 0.202. The lowest BCUT2D eigenvalue weighted by atomic mass is 10.2. The number of fused-ring (bicyclic) bond motifs is 1. The molecule has 2 N–H and O–H groups in total. The minimum atomic E-state index is -0.276. The van der Waals surface area contributed by atoms with E-state index in [9.17, 15) is 9.59 Å². The highest BCUT2D eigenvalue weighted by molar-refractivity contribution is 5.89. The van der Waals surface area contributed by atoms with E-state index in [4.69, 9.17) is 4.74 Å². The highest BCUT2D eigenvalue weighted by atomic mass is 16.5. The summed E-state index contributed by atoms with van der Waals surface area (Å²) in [6, 6.07) is 14.1. The fourth-order valence-electron chi connectivity index (χ4n) is 2.75. The van der Waals surface area contributed by atoms with Crippen molar-refractivity contribution in [1.29, 1.82) is 0 Å². The molecule has 0 atom stereocenters. The number of hydrogen-bond donors (Lipinski definition) is 2. The van der Waals surface area contributed by atoms with E-state index in [1.165, 1.54) is 0 Å². The van der Waals surface area contributed by atoms with Crippen molar-refractivity contribution in [2.24, 2.45) is 0 Å². The first-order chi connectivity index (χ1) is 13.1. The average Bonchev–Trinajstić information content (AvgIpc) is 2.66. The molecule has 0 aliphatic heterocycles. The lowest BCUT2D eigenvalue weighted by molar-refractivity contribution is 0.211. The SMILES string of the molecule is CCOc1cccc(NC(=O)N(CC)Cc2nc3ccccc3c(=O)[nH]2)c1. The fraction of sp³-hybridized carbons (Fsp3) is 0.250. The molecule has 1 heterocycles. The summed E-state index contributed by atoms with van der Waals surface area (Å²) >= 11 is 0. The number of nitrogens with one attached hydrogen (secondary N) is 2. The Morgan fingerprint density at radius 3 is 2.78 bits per heavy atom. The Bertz CT molecular complexity index is 1000. The molecular formula is C20H22N4O3. The molecular weight excluding hydrogens is 344 g/mol. The number of amides is 2. The average molecular weight is 366 g/mol. The molecule has 7 nitrogen and oxygen atoms in total. The Morgan fingerprint density at radius 2 is 2.00 bits per heavy atom. The molecule has 0 fully saturated rings. The van der Waals surface area contributed by atoms with Crippen molar-refractivity contribution in [3.8, 4) is 5.75 Å². The molecule has 27 heavy (non-hydrogen) atoms. The van der Waals surface area contributed by atoms with Gasteiger partial charge < -0.3 is 19.9 Å². The number of hydrogen-bond acceptors (Lipinski definition) is 4. The van der Waals surface area contributed by atoms with Gasteiger partial charge in [-0.05, 0) is 38.1 Å². The molecule has 0 saturated heterocycles. The van der Waals surface area contributed by atoms with Crippen molar-refractivity contribution in [2.75, 3.05) is 18.5 Å². The smallest absolute Gasteiger partial charge is 0.322 e. The van der Waals surface area contributed by atoms with Gasteiger partial charge in [-0.2, -0.15) is 0 Å². The molecule has 0 aliphatic carbocycles. The molecule has 7 heteroatoms. The third kappa shape index (κ3) is 4.44. The van der Waals surface area contributed by atoms with Gasteiger partial charge in [0, 0.05) is 18.3 Å². The van der Waals surface area contributed by atoms with Crippen LogP contribution in [0.2, 0.25) is 0 Å². The molecule has 0 saturated carbocycles. The predicted octanol–water partition coefficient (Wildman–Crippen LogP) is 3.38. The van der Waals surface area contributed by atoms with Gasteiger partial charge in [0.1, 0.15) is 11.6 Å². The van der Waals surface area contributed by atoms with E-state index < -0.39 is 0 Å². The van der Waals surface area contributed by atoms with Crippen LogP contribution in [0, 0.1) is 0 Å². The summed E-state index contributed by atoms with van der Waals surface area (Å²) in [6.07, 6.45) is 0. The molecule has 0 unspecified atom stereocenters. The first kappa shape index (κ1) is 18.4. The number of nitrogens with zero attached hydrogens (tertiary/aromatic N) is 2. The minimum Gasteiger partial charge on any atom is -0.494 e. The van der Waals surface area contributed by atoms with E-state index in [-0.39, 0.29) is 18.1 Å². The normalized spacial score (nSPS) is 10.6. The summed E-state index contributed by atoms with van der Waals surface area (Å²) in [7, 11) is 0. The van der Waals surface area contributed by atoms with Gasteiger partial charge in [0.25, 0.3) is 5.56 Å². The molecule has 2 aromatic carbocycles. The Hall–Kier alpha value is -3.35. The van der Waals surface area contributed by atoms with Gasteiger partial charge in [-0.15, -0.1) is 0 Å². The first-order valence-electron chi connectivity index (χ1n) is 8.87. The van der Waals surface area contributed by atoms with Crippen LogP contribution < -0.4 is 15.6 Å². The summed E-state index contributed by atoms with van der Waals surface area (Å²) < 4.78 is 5.45. The second kappa shape index (κ2) is 8.35. The van der Waals surface area contributed by atoms with Crippen LogP contribution in [0.25, 0.3) is 10.9 Å². The van der Waals surface area contributed by atoms with Gasteiger partial charge in [0.05, 0.1) is 24.1 Å². The van der Waals surface area contributed by atoms with Crippen molar-refractivity contribution in [2.45, 2.75) is 20.4 Å². The van der Waals surface area contributed by atoms with Crippen molar-refractivity contribution in [3.05, 3.63) is 64.7 Å². The van der Waals surface area contributed by atoms with Crippen LogP contribution in [0.1, 0.15) is 19.7 Å². The number of anilines is 1. The number of ether oxygens (including phenoxy) is 1. The number of benzene rings is 2. The highest BCUT2D eigenvalue weighted by Crippen LogP contribution is 2.18. The number of carbonyl (C=O) groups excluding carboxylic acids is 1. The summed E-state index contributed by atoms with van der Waals surface area (Å²) in [5.74, 6) is 1.14. The zero-order chi connectivity index (χ0) is 19.2. The van der Waals surface area contributed by atoms with E-state index >= 15 is 0 Å². The number of aromatic amines is 1. The van der Waals surface area contributed by atoms with Gasteiger partial charge in [-0.1, -0.05) is 18.2 Å². The van der Waals surface area contributed by atoms with Crippen LogP contribution in [0.5, 0.6) is 5.75 Å². The van der Waals surface area contributed by atoms with Crippen LogP contribution in [-0.4, -0.2) is 34.1 Å². The zero-order valence-corrected chi connectivity index (χ0v) is 15.4. The molecule has 3 aromatic rings. The van der Waals surface area contributed by atoms with Gasteiger partial charge in [-0.25, -0.2) is 9.78 Å². The van der Waals surface area contributed by atoms with Gasteiger partial charge in [0.2, 0.25) is 0 Å². The Balaban J connectivity index is 1.76. The molecule has 1 aromatic heterocycles. The van der Waals surface area contributed by atoms with Crippen LogP contribution >= 0.6 is 0 Å².